The minimum Gasteiger partial charge on any atom is -0.756 e. The quantitative estimate of drug-likeness (QED) is 0.0144. The summed E-state index contributed by atoms with van der Waals surface area (Å²) in [4.78, 5) is 130. The van der Waals surface area contributed by atoms with Crippen molar-refractivity contribution in [2.75, 3.05) is 65.9 Å². The number of allylic oxidation sites excluding steroid dienone is 4. The molecule has 0 rings (SSSR count). The molecule has 114 heavy (non-hydrogen) atoms. The summed E-state index contributed by atoms with van der Waals surface area (Å²) in [5, 5.41) is 10.6. The molecule has 24 nitrogen and oxygen atoms in total. The highest BCUT2D eigenvalue weighted by atomic mass is 31.2. The molecule has 0 spiro atoms. The van der Waals surface area contributed by atoms with Crippen molar-refractivity contribution in [3.05, 3.63) is 24.3 Å². The van der Waals surface area contributed by atoms with Crippen molar-refractivity contribution >= 4 is 62.8 Å². The second-order valence-corrected chi connectivity index (χ2v) is 33.8. The SMILES string of the molecule is CCCCCC/C=C\CCCC(=O)OC(CCCCCCC)CCOCC(COP(=O)([O-])OCCNC(=O)CCCCC(=O)NCCOP(=O)([O-])OCC(COCCC(CCCCCCC)OC(=O)CCC/C=C\CCCCCC)NC(=O)CC(=O)CCCCCCCCCCC)NC(=O)CC(=O)CCCCCCCCCCC. The molecule has 0 aromatic rings. The molecule has 0 saturated carbocycles. The molecule has 0 heterocycles. The monoisotopic (exact) mass is 1660 g/mol. The Morgan fingerprint density at radius 1 is 0.307 bits per heavy atom. The molecule has 4 amide bonds. The molecule has 0 bridgehead atoms. The van der Waals surface area contributed by atoms with Gasteiger partial charge in [0, 0.05) is 64.5 Å². The van der Waals surface area contributed by atoms with E-state index in [0.717, 1.165) is 141 Å². The fraction of sp³-hybridized carbons (Fsp3) is 0.864. The van der Waals surface area contributed by atoms with Crippen LogP contribution in [0, 0.1) is 0 Å². The van der Waals surface area contributed by atoms with Crippen molar-refractivity contribution < 1.29 is 94.3 Å². The van der Waals surface area contributed by atoms with Gasteiger partial charge in [-0.1, -0.05) is 258 Å². The number of carbonyl (C=O) groups is 8. The van der Waals surface area contributed by atoms with Gasteiger partial charge in [0.05, 0.1) is 77.8 Å². The van der Waals surface area contributed by atoms with E-state index in [1.807, 2.05) is 0 Å². The molecule has 4 N–H and O–H groups in total. The number of phosphoric acid groups is 2. The maximum atomic E-state index is 13.2. The lowest BCUT2D eigenvalue weighted by atomic mass is 10.0. The van der Waals surface area contributed by atoms with E-state index < -0.39 is 103 Å². The number of hydrogen-bond acceptors (Lipinski definition) is 20. The standard InChI is InChI=1S/C88H164N4O20P2/c1-7-13-19-25-29-33-37-43-47-55-79(93)71-85(97)91-77(73-105-67-63-81(57-49-41-23-17-11-5)111-87(99)61-51-45-39-35-31-27-21-15-9-3)75-109-113(101,102)107-69-65-89-83(95)59-53-54-60-84(96)90-66-70-108-114(103,104)110-76-78(92-86(98)72-80(94)56-48-44-38-34-30-26-20-14-8-2)74-106-68-64-82(58-50-42-24-18-12-6)112-88(100)62-52-46-40-36-32-28-22-16-10-4/h35-36,39-40,77-78,81-82H,7-34,37-38,41-76H2,1-6H3,(H,89,95)(H,90,96)(H,91,97)(H,92,98)(H,101,102)(H,103,104)/p-2/b39-35-,40-36-. The van der Waals surface area contributed by atoms with E-state index in [0.29, 0.717) is 64.2 Å². The Kier molecular flexibility index (Phi) is 76.9. The van der Waals surface area contributed by atoms with Gasteiger partial charge in [-0.2, -0.15) is 0 Å². The summed E-state index contributed by atoms with van der Waals surface area (Å²) in [5.41, 5.74) is 0. The van der Waals surface area contributed by atoms with Crippen LogP contribution in [0.5, 0.6) is 0 Å². The first-order chi connectivity index (χ1) is 55.2. The van der Waals surface area contributed by atoms with Crippen LogP contribution in [0.4, 0.5) is 0 Å². The molecule has 0 aliphatic rings. The lowest BCUT2D eigenvalue weighted by molar-refractivity contribution is -0.227. The summed E-state index contributed by atoms with van der Waals surface area (Å²) >= 11 is 0. The Morgan fingerprint density at radius 2 is 0.596 bits per heavy atom. The van der Waals surface area contributed by atoms with Crippen LogP contribution in [0.25, 0.3) is 0 Å². The highest BCUT2D eigenvalue weighted by Crippen LogP contribution is 2.39. The molecule has 0 radical (unpaired) electrons. The predicted octanol–water partition coefficient (Wildman–Crippen LogP) is 19.3. The number of phosphoric ester groups is 2. The van der Waals surface area contributed by atoms with Gasteiger partial charge in [0.25, 0.3) is 15.6 Å². The highest BCUT2D eigenvalue weighted by Gasteiger charge is 2.24. The van der Waals surface area contributed by atoms with Crippen molar-refractivity contribution in [1.82, 2.24) is 21.3 Å². The lowest BCUT2D eigenvalue weighted by Gasteiger charge is -2.26. The second kappa shape index (κ2) is 79.9. The van der Waals surface area contributed by atoms with E-state index in [1.165, 1.54) is 103 Å². The number of ether oxygens (including phenoxy) is 4. The number of carbonyl (C=O) groups excluding carboxylic acids is 8. The molecule has 0 aromatic carbocycles. The van der Waals surface area contributed by atoms with Crippen LogP contribution in [0.2, 0.25) is 0 Å². The summed E-state index contributed by atoms with van der Waals surface area (Å²) in [6.45, 7) is 10.5. The van der Waals surface area contributed by atoms with Crippen LogP contribution in [0.15, 0.2) is 24.3 Å². The molecule has 0 aliphatic carbocycles. The normalized spacial score (nSPS) is 13.8. The topological polar surface area (TPSA) is 339 Å². The van der Waals surface area contributed by atoms with Crippen molar-refractivity contribution in [1.29, 1.82) is 0 Å². The number of esters is 2. The molecule has 6 unspecified atom stereocenters. The third-order valence-electron chi connectivity index (χ3n) is 19.8. The first-order valence-corrected chi connectivity index (χ1v) is 48.3. The van der Waals surface area contributed by atoms with Gasteiger partial charge in [0.15, 0.2) is 0 Å². The smallest absolute Gasteiger partial charge is 0.306 e. The Bertz CT molecular complexity index is 2380. The zero-order valence-corrected chi connectivity index (χ0v) is 74.1. The number of Topliss-reactive ketones (excluding diaryl/α,β-unsaturated/α-hetero) is 2. The summed E-state index contributed by atoms with van der Waals surface area (Å²) < 4.78 is 70.4. The Labute approximate surface area is 690 Å². The number of ketones is 2. The minimum atomic E-state index is -5.00. The van der Waals surface area contributed by atoms with Gasteiger partial charge in [0.1, 0.15) is 23.8 Å². The van der Waals surface area contributed by atoms with Gasteiger partial charge in [-0.3, -0.25) is 47.5 Å². The van der Waals surface area contributed by atoms with Gasteiger partial charge in [-0.15, -0.1) is 0 Å². The fourth-order valence-corrected chi connectivity index (χ4v) is 14.4. The van der Waals surface area contributed by atoms with Crippen LogP contribution in [0.3, 0.4) is 0 Å². The average molecular weight is 1660 g/mol. The highest BCUT2D eigenvalue weighted by molar-refractivity contribution is 7.46. The summed E-state index contributed by atoms with van der Waals surface area (Å²) in [7, 11) is -10.00. The zero-order valence-electron chi connectivity index (χ0n) is 72.3. The number of unbranched alkanes of at least 4 members (excludes halogenated alkanes) is 35. The second-order valence-electron chi connectivity index (χ2n) is 31.0. The van der Waals surface area contributed by atoms with Gasteiger partial charge >= 0.3 is 11.9 Å². The van der Waals surface area contributed by atoms with Gasteiger partial charge in [0.2, 0.25) is 23.6 Å². The maximum absolute atomic E-state index is 13.2. The fourth-order valence-electron chi connectivity index (χ4n) is 12.9. The maximum Gasteiger partial charge on any atom is 0.306 e. The van der Waals surface area contributed by atoms with E-state index in [1.54, 1.807) is 0 Å². The largest absolute Gasteiger partial charge is 0.756 e. The van der Waals surface area contributed by atoms with Gasteiger partial charge in [-0.25, -0.2) is 0 Å². The van der Waals surface area contributed by atoms with E-state index in [9.17, 15) is 57.3 Å². The van der Waals surface area contributed by atoms with Crippen LogP contribution >= 0.6 is 15.6 Å². The van der Waals surface area contributed by atoms with Crippen LogP contribution in [0.1, 0.15) is 401 Å². The Hall–Kier alpha value is -4.22. The van der Waals surface area contributed by atoms with Crippen molar-refractivity contribution in [2.45, 2.75) is 425 Å². The van der Waals surface area contributed by atoms with Gasteiger partial charge in [-0.05, 0) is 103 Å². The molecule has 0 aliphatic heterocycles. The molecule has 0 fully saturated rings. The summed E-state index contributed by atoms with van der Waals surface area (Å²) in [6.07, 6.45) is 55.3. The van der Waals surface area contributed by atoms with Crippen molar-refractivity contribution in [2.24, 2.45) is 0 Å². The molecular weight excluding hydrogens is 1490 g/mol. The molecule has 0 aromatic heterocycles. The molecule has 6 atom stereocenters. The number of rotatable bonds is 87. The van der Waals surface area contributed by atoms with E-state index in [4.69, 9.17) is 37.0 Å². The summed E-state index contributed by atoms with van der Waals surface area (Å²) in [6, 6.07) is -2.00. The van der Waals surface area contributed by atoms with Crippen molar-refractivity contribution in [3.63, 3.8) is 0 Å². The number of nitrogens with one attached hydrogen (secondary N) is 4. The van der Waals surface area contributed by atoms with E-state index in [-0.39, 0.29) is 102 Å². The number of amides is 4. The third kappa shape index (κ3) is 76.5. The molecule has 0 saturated heterocycles. The first kappa shape index (κ1) is 110. The van der Waals surface area contributed by atoms with Crippen molar-refractivity contribution in [3.8, 4) is 0 Å². The van der Waals surface area contributed by atoms with E-state index in [2.05, 4.69) is 87.1 Å². The van der Waals surface area contributed by atoms with Crippen LogP contribution in [-0.2, 0) is 84.5 Å². The first-order valence-electron chi connectivity index (χ1n) is 45.4. The Balaban J connectivity index is 5.47. The van der Waals surface area contributed by atoms with Gasteiger partial charge < -0.3 is 68.1 Å². The van der Waals surface area contributed by atoms with Crippen LogP contribution < -0.4 is 31.1 Å². The predicted molar refractivity (Wildman–Crippen MR) is 451 cm³/mol. The average Bonchev–Trinajstić information content (AvgIpc) is 0.902. The summed E-state index contributed by atoms with van der Waals surface area (Å²) in [5.74, 6) is -3.08. The molecule has 666 valence electrons. The zero-order chi connectivity index (χ0) is 83.9. The molecule has 26 heteroatoms. The lowest BCUT2D eigenvalue weighted by Crippen LogP contribution is -2.42. The van der Waals surface area contributed by atoms with E-state index >= 15 is 0 Å². The third-order valence-corrected chi connectivity index (χ3v) is 21.7. The Morgan fingerprint density at radius 3 is 0.930 bits per heavy atom. The van der Waals surface area contributed by atoms with Crippen LogP contribution in [-0.4, -0.2) is 137 Å². The minimum absolute atomic E-state index is 0.00387. The molecular formula is C88H162N4O20P2-2. The number of hydrogen-bond donors (Lipinski definition) is 4.